The molecule has 2 aromatic rings. The Kier molecular flexibility index (Phi) is 4.73. The van der Waals surface area contributed by atoms with Gasteiger partial charge in [0.2, 0.25) is 0 Å². The second-order valence-electron chi connectivity index (χ2n) is 5.53. The van der Waals surface area contributed by atoms with Crippen molar-refractivity contribution in [3.8, 4) is 0 Å². The molecule has 3 heteroatoms. The molecule has 21 heavy (non-hydrogen) atoms. The number of hydrogen-bond acceptors (Lipinski definition) is 3. The smallest absolute Gasteiger partial charge is 0.108 e. The second-order valence-corrected chi connectivity index (χ2v) is 5.53. The van der Waals surface area contributed by atoms with E-state index in [0.717, 1.165) is 25.3 Å². The van der Waals surface area contributed by atoms with Gasteiger partial charge in [0, 0.05) is 31.2 Å². The van der Waals surface area contributed by atoms with E-state index in [0.29, 0.717) is 12.6 Å². The third kappa shape index (κ3) is 3.36. The molecule has 1 heterocycles. The molecule has 112 valence electrons. The normalized spacial score (nSPS) is 17.7. The Bertz CT molecular complexity index is 576. The first-order chi connectivity index (χ1) is 10.4. The third-order valence-corrected chi connectivity index (χ3v) is 4.17. The Hall–Kier alpha value is -1.58. The Morgan fingerprint density at radius 3 is 2.95 bits per heavy atom. The topological polar surface area (TPSA) is 34.4 Å². The molecule has 1 atom stereocenters. The van der Waals surface area contributed by atoms with Gasteiger partial charge in [-0.1, -0.05) is 24.3 Å². The van der Waals surface area contributed by atoms with Gasteiger partial charge in [-0.3, -0.25) is 0 Å². The summed E-state index contributed by atoms with van der Waals surface area (Å²) >= 11 is 0. The number of aryl methyl sites for hydroxylation is 1. The second kappa shape index (κ2) is 6.92. The molecule has 1 aliphatic carbocycles. The van der Waals surface area contributed by atoms with E-state index in [9.17, 15) is 0 Å². The Balaban J connectivity index is 1.66. The lowest BCUT2D eigenvalue weighted by atomic mass is 9.93. The highest BCUT2D eigenvalue weighted by Gasteiger charge is 2.22. The summed E-state index contributed by atoms with van der Waals surface area (Å²) in [7, 11) is 0. The van der Waals surface area contributed by atoms with E-state index >= 15 is 0 Å². The Labute approximate surface area is 126 Å². The molecule has 0 amide bonds. The molecule has 0 aliphatic heterocycles. The van der Waals surface area contributed by atoms with Crippen molar-refractivity contribution in [1.82, 2.24) is 5.32 Å². The van der Waals surface area contributed by atoms with E-state index in [1.54, 1.807) is 0 Å². The van der Waals surface area contributed by atoms with Crippen LogP contribution in [0.15, 0.2) is 41.0 Å². The minimum absolute atomic E-state index is 0.410. The summed E-state index contributed by atoms with van der Waals surface area (Å²) in [6, 6.07) is 11.0. The third-order valence-electron chi connectivity index (χ3n) is 4.17. The molecule has 1 N–H and O–H groups in total. The number of furan rings is 1. The van der Waals surface area contributed by atoms with Crippen molar-refractivity contribution in [2.45, 2.75) is 45.4 Å². The lowest BCUT2D eigenvalue weighted by Gasteiger charge is -2.23. The highest BCUT2D eigenvalue weighted by Crippen LogP contribution is 2.30. The largest absolute Gasteiger partial charge is 0.469 e. The predicted octanol–water partition coefficient (Wildman–Crippen LogP) is 3.98. The summed E-state index contributed by atoms with van der Waals surface area (Å²) in [6.45, 7) is 4.35. The van der Waals surface area contributed by atoms with Gasteiger partial charge in [-0.25, -0.2) is 0 Å². The zero-order valence-electron chi connectivity index (χ0n) is 12.6. The van der Waals surface area contributed by atoms with Crippen molar-refractivity contribution in [3.05, 3.63) is 59.0 Å². The fraction of sp³-hybridized carbons (Fsp3) is 0.444. The van der Waals surface area contributed by atoms with Crippen molar-refractivity contribution in [2.75, 3.05) is 6.61 Å². The molecule has 1 aliphatic rings. The fourth-order valence-corrected chi connectivity index (χ4v) is 3.01. The first-order valence-corrected chi connectivity index (χ1v) is 7.82. The SMILES string of the molecule is CCOCc1ccccc1CNC1CCCc2occc21. The number of ether oxygens (including phenoxy) is 1. The average Bonchev–Trinajstić information content (AvgIpc) is 3.01. The van der Waals surface area contributed by atoms with Crippen molar-refractivity contribution < 1.29 is 9.15 Å². The fourth-order valence-electron chi connectivity index (χ4n) is 3.01. The van der Waals surface area contributed by atoms with Gasteiger partial charge in [0.15, 0.2) is 0 Å². The molecular formula is C18H23NO2. The van der Waals surface area contributed by atoms with E-state index < -0.39 is 0 Å². The first kappa shape index (κ1) is 14.4. The van der Waals surface area contributed by atoms with Crippen LogP contribution in [0.25, 0.3) is 0 Å². The van der Waals surface area contributed by atoms with Gasteiger partial charge in [0.05, 0.1) is 12.9 Å². The first-order valence-electron chi connectivity index (χ1n) is 7.82. The lowest BCUT2D eigenvalue weighted by molar-refractivity contribution is 0.133. The van der Waals surface area contributed by atoms with Crippen LogP contribution in [-0.4, -0.2) is 6.61 Å². The zero-order chi connectivity index (χ0) is 14.5. The minimum atomic E-state index is 0.410. The van der Waals surface area contributed by atoms with E-state index in [2.05, 4.69) is 35.6 Å². The van der Waals surface area contributed by atoms with E-state index in [1.165, 1.54) is 29.5 Å². The van der Waals surface area contributed by atoms with E-state index in [1.807, 2.05) is 13.2 Å². The Morgan fingerprint density at radius 1 is 1.24 bits per heavy atom. The standard InChI is InChI=1S/C18H23NO2/c1-2-20-13-15-7-4-3-6-14(15)12-19-17-8-5-9-18-16(17)10-11-21-18/h3-4,6-7,10-11,17,19H,2,5,8-9,12-13H2,1H3. The average molecular weight is 285 g/mol. The van der Waals surface area contributed by atoms with Crippen LogP contribution in [-0.2, 0) is 24.3 Å². The highest BCUT2D eigenvalue weighted by molar-refractivity contribution is 5.28. The number of rotatable bonds is 6. The van der Waals surface area contributed by atoms with Crippen molar-refractivity contribution in [1.29, 1.82) is 0 Å². The molecule has 0 spiro atoms. The van der Waals surface area contributed by atoms with Gasteiger partial charge in [0.25, 0.3) is 0 Å². The molecule has 1 unspecified atom stereocenters. The van der Waals surface area contributed by atoms with E-state index in [-0.39, 0.29) is 0 Å². The highest BCUT2D eigenvalue weighted by atomic mass is 16.5. The predicted molar refractivity (Wildman–Crippen MR) is 83.0 cm³/mol. The number of fused-ring (bicyclic) bond motifs is 1. The molecule has 3 nitrogen and oxygen atoms in total. The molecule has 0 saturated heterocycles. The summed E-state index contributed by atoms with van der Waals surface area (Å²) in [5.74, 6) is 1.15. The van der Waals surface area contributed by atoms with Crippen LogP contribution < -0.4 is 5.32 Å². The van der Waals surface area contributed by atoms with Crippen LogP contribution in [0, 0.1) is 0 Å². The summed E-state index contributed by atoms with van der Waals surface area (Å²) in [6.07, 6.45) is 5.26. The zero-order valence-corrected chi connectivity index (χ0v) is 12.6. The van der Waals surface area contributed by atoms with Crippen LogP contribution in [0.3, 0.4) is 0 Å². The maximum Gasteiger partial charge on any atom is 0.108 e. The molecular weight excluding hydrogens is 262 g/mol. The lowest BCUT2D eigenvalue weighted by Crippen LogP contribution is -2.24. The maximum atomic E-state index is 5.56. The van der Waals surface area contributed by atoms with Crippen LogP contribution in [0.4, 0.5) is 0 Å². The molecule has 0 fully saturated rings. The van der Waals surface area contributed by atoms with Crippen LogP contribution >= 0.6 is 0 Å². The molecule has 3 rings (SSSR count). The van der Waals surface area contributed by atoms with Crippen LogP contribution in [0.1, 0.15) is 48.3 Å². The van der Waals surface area contributed by atoms with E-state index in [4.69, 9.17) is 9.15 Å². The monoisotopic (exact) mass is 285 g/mol. The number of benzene rings is 1. The van der Waals surface area contributed by atoms with Gasteiger partial charge in [0.1, 0.15) is 5.76 Å². The van der Waals surface area contributed by atoms with Gasteiger partial charge in [-0.2, -0.15) is 0 Å². The van der Waals surface area contributed by atoms with Gasteiger partial charge >= 0.3 is 0 Å². The van der Waals surface area contributed by atoms with Crippen LogP contribution in [0.2, 0.25) is 0 Å². The Morgan fingerprint density at radius 2 is 2.10 bits per heavy atom. The molecule has 0 radical (unpaired) electrons. The molecule has 1 aromatic heterocycles. The maximum absolute atomic E-state index is 5.56. The molecule has 1 aromatic carbocycles. The van der Waals surface area contributed by atoms with Gasteiger partial charge < -0.3 is 14.5 Å². The summed E-state index contributed by atoms with van der Waals surface area (Å²) in [4.78, 5) is 0. The summed E-state index contributed by atoms with van der Waals surface area (Å²) in [5, 5.41) is 3.68. The van der Waals surface area contributed by atoms with Crippen molar-refractivity contribution in [3.63, 3.8) is 0 Å². The van der Waals surface area contributed by atoms with Crippen molar-refractivity contribution >= 4 is 0 Å². The molecule has 0 saturated carbocycles. The summed E-state index contributed by atoms with van der Waals surface area (Å²) < 4.78 is 11.1. The number of nitrogens with one attached hydrogen (secondary N) is 1. The summed E-state index contributed by atoms with van der Waals surface area (Å²) in [5.41, 5.74) is 3.93. The molecule has 0 bridgehead atoms. The minimum Gasteiger partial charge on any atom is -0.469 e. The number of hydrogen-bond donors (Lipinski definition) is 1. The van der Waals surface area contributed by atoms with Crippen LogP contribution in [0.5, 0.6) is 0 Å². The van der Waals surface area contributed by atoms with Gasteiger partial charge in [-0.05, 0) is 37.0 Å². The van der Waals surface area contributed by atoms with Crippen molar-refractivity contribution in [2.24, 2.45) is 0 Å². The van der Waals surface area contributed by atoms with Gasteiger partial charge in [-0.15, -0.1) is 0 Å². The quantitative estimate of drug-likeness (QED) is 0.871.